The lowest BCUT2D eigenvalue weighted by atomic mass is 9.71. The van der Waals surface area contributed by atoms with Gasteiger partial charge in [0.25, 0.3) is 0 Å². The number of carbonyl (C=O) groups excluding carboxylic acids is 2. The van der Waals surface area contributed by atoms with E-state index >= 15 is 0 Å². The van der Waals surface area contributed by atoms with Crippen molar-refractivity contribution in [2.75, 3.05) is 46.5 Å². The first-order valence-corrected chi connectivity index (χ1v) is 21.5. The lowest BCUT2D eigenvalue weighted by molar-refractivity contribution is -0.157. The van der Waals surface area contributed by atoms with Crippen molar-refractivity contribution in [3.63, 3.8) is 0 Å². The summed E-state index contributed by atoms with van der Waals surface area (Å²) < 4.78 is 41.3. The third-order valence-corrected chi connectivity index (χ3v) is 14.4. The maximum absolute atomic E-state index is 15.0. The Bertz CT molecular complexity index is 2410. The van der Waals surface area contributed by atoms with E-state index in [9.17, 15) is 25.1 Å². The fourth-order valence-corrected chi connectivity index (χ4v) is 12.3. The first-order valence-electron chi connectivity index (χ1n) is 20.4. The van der Waals surface area contributed by atoms with Crippen LogP contribution in [0.1, 0.15) is 82.6 Å². The summed E-state index contributed by atoms with van der Waals surface area (Å²) >= 11 is 1.45. The summed E-state index contributed by atoms with van der Waals surface area (Å²) in [5.74, 6) is 1.20. The maximum atomic E-state index is 15.0. The Morgan fingerprint density at radius 2 is 1.84 bits per heavy atom. The number of aromatic hydroxyl groups is 2. The minimum absolute atomic E-state index is 0.0249. The third-order valence-electron chi connectivity index (χ3n) is 12.9. The number of rotatable bonds is 5. The van der Waals surface area contributed by atoms with E-state index in [-0.39, 0.29) is 48.2 Å². The normalized spacial score (nSPS) is 27.4. The number of esters is 1. The van der Waals surface area contributed by atoms with Gasteiger partial charge in [-0.25, -0.2) is 9.59 Å². The van der Waals surface area contributed by atoms with Gasteiger partial charge in [0.15, 0.2) is 40.0 Å². The molecule has 0 aliphatic carbocycles. The number of phenolic OH excluding ortho intramolecular Hbond substituents is 2. The lowest BCUT2D eigenvalue weighted by Crippen LogP contribution is -2.70. The van der Waals surface area contributed by atoms with Gasteiger partial charge < -0.3 is 43.4 Å². The monoisotopic (exact) mass is 854 g/mol. The van der Waals surface area contributed by atoms with Crippen molar-refractivity contribution >= 4 is 23.9 Å². The molecule has 0 radical (unpaired) electrons. The third kappa shape index (κ3) is 6.18. The second-order valence-corrected chi connectivity index (χ2v) is 18.5. The summed E-state index contributed by atoms with van der Waals surface area (Å²) in [5.41, 5.74) is 3.21. The van der Waals surface area contributed by atoms with Crippen molar-refractivity contribution in [3.05, 3.63) is 75.4 Å². The van der Waals surface area contributed by atoms with Crippen molar-refractivity contribution in [2.45, 2.75) is 94.1 Å². The Kier molecular flexibility index (Phi) is 10.0. The van der Waals surface area contributed by atoms with Crippen LogP contribution in [0.4, 0.5) is 4.79 Å². The topological polar surface area (TPSA) is 182 Å². The number of nitriles is 1. The van der Waals surface area contributed by atoms with Crippen LogP contribution in [0.3, 0.4) is 0 Å². The Labute approximate surface area is 358 Å². The number of benzene rings is 3. The number of ether oxygens (including phenoxy) is 7. The molecule has 0 saturated carbocycles. The Morgan fingerprint density at radius 1 is 1.07 bits per heavy atom. The molecule has 1 spiro atoms. The predicted octanol–water partition coefficient (Wildman–Crippen LogP) is 5.93. The smallest absolute Gasteiger partial charge is 0.507 e. The van der Waals surface area contributed by atoms with Gasteiger partial charge in [-0.1, -0.05) is 12.1 Å². The minimum atomic E-state index is -1.43. The van der Waals surface area contributed by atoms with Crippen LogP contribution in [0.15, 0.2) is 30.9 Å². The molecule has 2 fully saturated rings. The van der Waals surface area contributed by atoms with Crippen LogP contribution in [0.2, 0.25) is 0 Å². The first-order chi connectivity index (χ1) is 29.2. The highest BCUT2D eigenvalue weighted by molar-refractivity contribution is 7.99. The molecule has 10 rings (SSSR count). The average molecular weight is 855 g/mol. The van der Waals surface area contributed by atoms with E-state index < -0.39 is 52.7 Å². The van der Waals surface area contributed by atoms with Gasteiger partial charge in [0.1, 0.15) is 24.0 Å². The number of nitrogens with one attached hydrogen (secondary N) is 1. The molecule has 15 nitrogen and oxygen atoms in total. The highest BCUT2D eigenvalue weighted by Gasteiger charge is 2.62. The number of hydrogen-bond donors (Lipinski definition) is 3. The molecule has 3 N–H and O–H groups in total. The van der Waals surface area contributed by atoms with Crippen LogP contribution >= 0.6 is 11.8 Å². The number of thioether (sulfide) groups is 1. The van der Waals surface area contributed by atoms with E-state index in [1.54, 1.807) is 39.8 Å². The Hall–Kier alpha value is -5.34. The van der Waals surface area contributed by atoms with E-state index in [0.717, 1.165) is 16.7 Å². The van der Waals surface area contributed by atoms with Crippen molar-refractivity contribution in [2.24, 2.45) is 0 Å². The fourth-order valence-electron chi connectivity index (χ4n) is 10.6. The molecular formula is C45H50N4O11S. The van der Waals surface area contributed by atoms with Gasteiger partial charge in [0.2, 0.25) is 6.79 Å². The molecule has 3 aromatic carbocycles. The molecular weight excluding hydrogens is 805 g/mol. The molecule has 61 heavy (non-hydrogen) atoms. The number of carbonyl (C=O) groups is 2. The summed E-state index contributed by atoms with van der Waals surface area (Å²) in [4.78, 5) is 32.2. The van der Waals surface area contributed by atoms with E-state index in [1.807, 2.05) is 19.1 Å². The molecule has 3 aromatic rings. The van der Waals surface area contributed by atoms with Crippen LogP contribution in [0.5, 0.6) is 40.2 Å². The number of methoxy groups -OCH3 is 2. The zero-order chi connectivity index (χ0) is 43.3. The second kappa shape index (κ2) is 14.9. The second-order valence-electron chi connectivity index (χ2n) is 17.4. The van der Waals surface area contributed by atoms with Crippen molar-refractivity contribution < 1.29 is 53.0 Å². The van der Waals surface area contributed by atoms with Gasteiger partial charge in [0.05, 0.1) is 37.6 Å². The van der Waals surface area contributed by atoms with Gasteiger partial charge >= 0.3 is 12.1 Å². The van der Waals surface area contributed by atoms with Crippen molar-refractivity contribution in [3.8, 4) is 46.3 Å². The molecule has 7 heterocycles. The molecule has 7 aliphatic rings. The Balaban J connectivity index is 1.25. The van der Waals surface area contributed by atoms with E-state index in [4.69, 9.17) is 33.2 Å². The number of fused-ring (bicyclic) bond motifs is 9. The average Bonchev–Trinajstić information content (AvgIpc) is 3.70. The number of phenols is 2. The number of aryl methyl sites for hydroxylation is 1. The van der Waals surface area contributed by atoms with Crippen LogP contribution in [0.25, 0.3) is 0 Å². The predicted molar refractivity (Wildman–Crippen MR) is 223 cm³/mol. The zero-order valence-corrected chi connectivity index (χ0v) is 36.1. The van der Waals surface area contributed by atoms with Gasteiger partial charge in [-0.3, -0.25) is 15.1 Å². The summed E-state index contributed by atoms with van der Waals surface area (Å²) in [6.45, 7) is 13.5. The molecule has 16 heteroatoms. The SMILES string of the molecule is C=CCN1[C@@H]2c3c(cc(C)c(OC)c3O)C[C@H]1[C@H](C#N)N1C2[C@@H]2SC[C@]3(NCCc4cc(OC(=O)OC(C)(C)C)c(OC)cc43)C(=O)OC[C@H]1c1c3c(c(C)c(O)c12)OCO3. The minimum Gasteiger partial charge on any atom is -0.507 e. The van der Waals surface area contributed by atoms with Crippen molar-refractivity contribution in [1.82, 2.24) is 15.1 Å². The Morgan fingerprint density at radius 3 is 2.54 bits per heavy atom. The first kappa shape index (κ1) is 41.0. The summed E-state index contributed by atoms with van der Waals surface area (Å²) in [7, 11) is 2.99. The molecule has 2 saturated heterocycles. The molecule has 0 aromatic heterocycles. The maximum Gasteiger partial charge on any atom is 0.514 e. The van der Waals surface area contributed by atoms with Crippen LogP contribution < -0.4 is 29.0 Å². The standard InChI is InChI=1S/C45H50N4O11S/c1-9-12-48-26-14-24-13-21(2)38(55-8)37(51)31(24)34(48)35-41-33-32(40-39(57-20-58-40)22(3)36(33)50)28(49(35)27(26)17-46)18-56-42(52)45(19-61-41)25-16-29(54-7)30(15-23(25)10-11-47-45)59-43(53)60-44(4,5)6/h9,13,15-16,26-28,34-35,41,47,50-51H,1,10-12,14,18-20H2,2-8H3/t26-,27-,28-,34+,35?,41+,45+/m0/s1. The van der Waals surface area contributed by atoms with Crippen LogP contribution in [-0.4, -0.2) is 102 Å². The zero-order valence-electron chi connectivity index (χ0n) is 35.2. The number of piperazine rings is 1. The van der Waals surface area contributed by atoms with E-state index in [2.05, 4.69) is 27.8 Å². The van der Waals surface area contributed by atoms with E-state index in [0.29, 0.717) is 71.0 Å². The lowest BCUT2D eigenvalue weighted by Gasteiger charge is -2.62. The number of hydrogen-bond acceptors (Lipinski definition) is 16. The quantitative estimate of drug-likeness (QED) is 0.156. The van der Waals surface area contributed by atoms with Crippen LogP contribution in [-0.2, 0) is 32.6 Å². The highest BCUT2D eigenvalue weighted by Crippen LogP contribution is 2.64. The van der Waals surface area contributed by atoms with Gasteiger partial charge in [-0.15, -0.1) is 18.3 Å². The fraction of sp³-hybridized carbons (Fsp3) is 0.489. The largest absolute Gasteiger partial charge is 0.514 e. The molecule has 7 aliphatic heterocycles. The molecule has 4 bridgehead atoms. The molecule has 7 atom stereocenters. The molecule has 1 unspecified atom stereocenters. The van der Waals surface area contributed by atoms with Gasteiger partial charge in [0, 0.05) is 53.2 Å². The van der Waals surface area contributed by atoms with Crippen molar-refractivity contribution in [1.29, 1.82) is 5.26 Å². The summed E-state index contributed by atoms with van der Waals surface area (Å²) in [6, 6.07) is 5.14. The van der Waals surface area contributed by atoms with E-state index in [1.165, 1.54) is 26.0 Å². The summed E-state index contributed by atoms with van der Waals surface area (Å²) in [5, 5.41) is 38.8. The van der Waals surface area contributed by atoms with Gasteiger partial charge in [-0.2, -0.15) is 5.26 Å². The summed E-state index contributed by atoms with van der Waals surface area (Å²) in [6.07, 6.45) is 1.88. The molecule has 322 valence electrons. The number of nitrogens with zero attached hydrogens (tertiary/aromatic N) is 3. The van der Waals surface area contributed by atoms with Crippen LogP contribution in [0, 0.1) is 25.2 Å². The molecule has 0 amide bonds. The highest BCUT2D eigenvalue weighted by atomic mass is 32.2. The van der Waals surface area contributed by atoms with Gasteiger partial charge in [-0.05, 0) is 81.8 Å².